The van der Waals surface area contributed by atoms with E-state index in [1.165, 1.54) is 33.7 Å². The minimum absolute atomic E-state index is 0.431. The minimum atomic E-state index is 0.431. The fourth-order valence-corrected chi connectivity index (χ4v) is 3.88. The van der Waals surface area contributed by atoms with Crippen molar-refractivity contribution in [2.24, 2.45) is 21.1 Å². The fourth-order valence-electron chi connectivity index (χ4n) is 3.88. The number of hydrogen-bond acceptors (Lipinski definition) is 0. The van der Waals surface area contributed by atoms with E-state index in [1.807, 2.05) is 0 Å². The van der Waals surface area contributed by atoms with Crippen molar-refractivity contribution in [3.63, 3.8) is 0 Å². The molecule has 4 rings (SSSR count). The Hall–Kier alpha value is -2.88. The third-order valence-electron chi connectivity index (χ3n) is 5.32. The highest BCUT2D eigenvalue weighted by Crippen LogP contribution is 2.26. The average molecular weight is 346 g/mol. The molecule has 3 aromatic heterocycles. The van der Waals surface area contributed by atoms with E-state index in [-0.39, 0.29) is 0 Å². The number of pyridine rings is 1. The first-order chi connectivity index (χ1) is 12.5. The zero-order valence-corrected chi connectivity index (χ0v) is 16.1. The molecule has 132 valence electrons. The zero-order valence-electron chi connectivity index (χ0n) is 16.1. The molecule has 0 amide bonds. The molecule has 0 bridgehead atoms. The molecule has 0 aliphatic heterocycles. The summed E-state index contributed by atoms with van der Waals surface area (Å²) in [5.74, 6) is 0. The van der Waals surface area contributed by atoms with Crippen molar-refractivity contribution in [3.8, 4) is 22.8 Å². The van der Waals surface area contributed by atoms with Crippen molar-refractivity contribution >= 4 is 10.9 Å². The van der Waals surface area contributed by atoms with Gasteiger partial charge in [-0.15, -0.1) is 9.36 Å². The molecule has 0 aliphatic carbocycles. The van der Waals surface area contributed by atoms with Gasteiger partial charge in [-0.1, -0.05) is 18.2 Å². The molecular weight excluding hydrogens is 320 g/mol. The van der Waals surface area contributed by atoms with Gasteiger partial charge in [-0.25, -0.2) is 0 Å². The van der Waals surface area contributed by atoms with Crippen molar-refractivity contribution in [2.45, 2.75) is 19.9 Å². The summed E-state index contributed by atoms with van der Waals surface area (Å²) in [5.41, 5.74) is 6.10. The van der Waals surface area contributed by atoms with Gasteiger partial charge in [-0.2, -0.15) is 4.57 Å². The van der Waals surface area contributed by atoms with Crippen LogP contribution in [0.1, 0.15) is 19.9 Å². The quantitative estimate of drug-likeness (QED) is 0.505. The van der Waals surface area contributed by atoms with E-state index in [2.05, 4.69) is 114 Å². The Morgan fingerprint density at radius 3 is 2.19 bits per heavy atom. The Morgan fingerprint density at radius 1 is 0.846 bits per heavy atom. The van der Waals surface area contributed by atoms with Crippen LogP contribution >= 0.6 is 0 Å². The molecule has 3 heterocycles. The molecule has 0 saturated carbocycles. The first-order valence-corrected chi connectivity index (χ1v) is 9.10. The van der Waals surface area contributed by atoms with E-state index < -0.39 is 0 Å². The smallest absolute Gasteiger partial charge is 0.235 e. The molecule has 4 nitrogen and oxygen atoms in total. The molecule has 26 heavy (non-hydrogen) atoms. The van der Waals surface area contributed by atoms with Crippen molar-refractivity contribution in [1.29, 1.82) is 0 Å². The number of nitrogens with zero attached hydrogens (tertiary/aromatic N) is 4. The van der Waals surface area contributed by atoms with Gasteiger partial charge in [-0.3, -0.25) is 0 Å². The van der Waals surface area contributed by atoms with E-state index in [1.54, 1.807) is 0 Å². The predicted octanol–water partition coefficient (Wildman–Crippen LogP) is 3.54. The highest BCUT2D eigenvalue weighted by atomic mass is 15.4. The van der Waals surface area contributed by atoms with E-state index in [0.29, 0.717) is 6.04 Å². The average Bonchev–Trinajstić information content (AvgIpc) is 3.16. The third-order valence-corrected chi connectivity index (χ3v) is 5.32. The summed E-state index contributed by atoms with van der Waals surface area (Å²) >= 11 is 0. The molecule has 0 atom stereocenters. The van der Waals surface area contributed by atoms with E-state index >= 15 is 0 Å². The number of para-hydroxylation sites is 1. The van der Waals surface area contributed by atoms with Gasteiger partial charge in [0.05, 0.1) is 7.05 Å². The number of rotatable bonds is 3. The maximum Gasteiger partial charge on any atom is 0.235 e. The maximum absolute atomic E-state index is 2.29. The van der Waals surface area contributed by atoms with Crippen LogP contribution in [-0.4, -0.2) is 9.25 Å². The van der Waals surface area contributed by atoms with Gasteiger partial charge in [0.1, 0.15) is 12.7 Å². The zero-order chi connectivity index (χ0) is 18.4. The monoisotopic (exact) mass is 346 g/mol. The molecule has 0 spiro atoms. The number of benzene rings is 1. The largest absolute Gasteiger partial charge is 0.339 e. The lowest BCUT2D eigenvalue weighted by Crippen LogP contribution is -2.44. The molecule has 1 aromatic carbocycles. The molecule has 0 saturated heterocycles. The van der Waals surface area contributed by atoms with Crippen molar-refractivity contribution in [2.75, 3.05) is 0 Å². The van der Waals surface area contributed by atoms with Crippen LogP contribution in [0.25, 0.3) is 33.7 Å². The van der Waals surface area contributed by atoms with Gasteiger partial charge in [0.2, 0.25) is 11.4 Å². The van der Waals surface area contributed by atoms with Crippen LogP contribution in [0.15, 0.2) is 60.8 Å². The number of aromatic nitrogens is 4. The van der Waals surface area contributed by atoms with Gasteiger partial charge in [0.25, 0.3) is 0 Å². The predicted molar refractivity (Wildman–Crippen MR) is 105 cm³/mol. The Balaban J connectivity index is 1.90. The summed E-state index contributed by atoms with van der Waals surface area (Å²) in [6, 6.07) is 20.0. The molecule has 0 aliphatic rings. The van der Waals surface area contributed by atoms with Crippen LogP contribution in [0.3, 0.4) is 0 Å². The molecule has 4 aromatic rings. The first-order valence-electron chi connectivity index (χ1n) is 9.10. The third kappa shape index (κ3) is 2.45. The Labute approximate surface area is 154 Å². The summed E-state index contributed by atoms with van der Waals surface area (Å²) in [5, 5.41) is 1.27. The van der Waals surface area contributed by atoms with Crippen molar-refractivity contribution < 1.29 is 9.25 Å². The normalized spacial score (nSPS) is 11.6. The summed E-state index contributed by atoms with van der Waals surface area (Å²) < 4.78 is 9.03. The lowest BCUT2D eigenvalue weighted by molar-refractivity contribution is -0.789. The van der Waals surface area contributed by atoms with Gasteiger partial charge >= 0.3 is 0 Å². The molecule has 0 radical (unpaired) electrons. The maximum atomic E-state index is 2.29. The van der Waals surface area contributed by atoms with Crippen LogP contribution in [0.5, 0.6) is 0 Å². The molecular formula is C22H26N4+2. The summed E-state index contributed by atoms with van der Waals surface area (Å²) in [6.07, 6.45) is 2.16. The number of aryl methyl sites for hydroxylation is 1. The van der Waals surface area contributed by atoms with Crippen LogP contribution in [-0.2, 0) is 21.1 Å². The molecule has 0 N–H and O–H groups in total. The van der Waals surface area contributed by atoms with Gasteiger partial charge in [0.15, 0.2) is 17.9 Å². The van der Waals surface area contributed by atoms with Gasteiger partial charge in [-0.05, 0) is 32.0 Å². The first kappa shape index (κ1) is 16.6. The SMILES string of the molecule is CC(C)[n+]1ccc(-c2cccc(-c3cc4ccccc4n3C)[n+]2C)n1C. The van der Waals surface area contributed by atoms with Gasteiger partial charge < -0.3 is 4.57 Å². The highest BCUT2D eigenvalue weighted by Gasteiger charge is 2.24. The standard InChI is InChI=1S/C22H26N4/c1-16(2)26-14-13-21(25(26)5)19-11-8-12-20(24(19)4)22-15-17-9-6-7-10-18(17)23(22)3/h6-16H,1-5H3/q+2. The lowest BCUT2D eigenvalue weighted by atomic mass is 10.2. The van der Waals surface area contributed by atoms with Gasteiger partial charge in [0, 0.05) is 36.1 Å². The number of hydrogen-bond donors (Lipinski definition) is 0. The second kappa shape index (κ2) is 6.13. The Morgan fingerprint density at radius 2 is 1.54 bits per heavy atom. The topological polar surface area (TPSA) is 17.6 Å². The summed E-state index contributed by atoms with van der Waals surface area (Å²) in [7, 11) is 6.41. The molecule has 0 unspecified atom stereocenters. The van der Waals surface area contributed by atoms with Crippen LogP contribution in [0.2, 0.25) is 0 Å². The van der Waals surface area contributed by atoms with Crippen molar-refractivity contribution in [3.05, 3.63) is 60.8 Å². The van der Waals surface area contributed by atoms with Crippen LogP contribution < -0.4 is 9.25 Å². The van der Waals surface area contributed by atoms with Crippen LogP contribution in [0.4, 0.5) is 0 Å². The molecule has 0 fully saturated rings. The van der Waals surface area contributed by atoms with E-state index in [4.69, 9.17) is 0 Å². The van der Waals surface area contributed by atoms with E-state index in [0.717, 1.165) is 0 Å². The van der Waals surface area contributed by atoms with Crippen LogP contribution in [0, 0.1) is 0 Å². The van der Waals surface area contributed by atoms with E-state index in [9.17, 15) is 0 Å². The minimum Gasteiger partial charge on any atom is -0.339 e. The number of fused-ring (bicyclic) bond motifs is 1. The molecule has 4 heteroatoms. The summed E-state index contributed by atoms with van der Waals surface area (Å²) in [6.45, 7) is 4.41. The highest BCUT2D eigenvalue weighted by molar-refractivity contribution is 5.85. The Bertz CT molecular complexity index is 1100. The Kier molecular flexibility index (Phi) is 3.91. The lowest BCUT2D eigenvalue weighted by Gasteiger charge is -2.07. The summed E-state index contributed by atoms with van der Waals surface area (Å²) in [4.78, 5) is 0. The second-order valence-corrected chi connectivity index (χ2v) is 7.20. The fraction of sp³-hybridized carbons (Fsp3) is 0.273. The second-order valence-electron chi connectivity index (χ2n) is 7.20. The van der Waals surface area contributed by atoms with Crippen molar-refractivity contribution in [1.82, 2.24) is 9.25 Å².